The van der Waals surface area contributed by atoms with Gasteiger partial charge in [-0.3, -0.25) is 0 Å². The average Bonchev–Trinajstić information content (AvgIpc) is 2.37. The van der Waals surface area contributed by atoms with Crippen LogP contribution in [-0.4, -0.2) is 0 Å². The smallest absolute Gasteiger partial charge is 0.150 e. The Morgan fingerprint density at radius 3 is 2.16 bits per heavy atom. The summed E-state index contributed by atoms with van der Waals surface area (Å²) in [6.07, 6.45) is 0. The van der Waals surface area contributed by atoms with E-state index in [1.807, 2.05) is 0 Å². The van der Waals surface area contributed by atoms with Gasteiger partial charge in [-0.2, -0.15) is 5.26 Å². The first kappa shape index (κ1) is 13.6. The third-order valence-corrected chi connectivity index (χ3v) is 3.10. The molecule has 0 atom stereocenters. The normalized spacial score (nSPS) is 10.1. The van der Waals surface area contributed by atoms with Gasteiger partial charge in [0.25, 0.3) is 0 Å². The first-order valence-corrected chi connectivity index (χ1v) is 5.88. The summed E-state index contributed by atoms with van der Waals surface area (Å²) in [5.74, 6) is -1.72. The van der Waals surface area contributed by atoms with Crippen molar-refractivity contribution in [3.8, 4) is 6.07 Å². The van der Waals surface area contributed by atoms with E-state index in [1.165, 1.54) is 18.2 Å². The quantitative estimate of drug-likeness (QED) is 0.857. The fourth-order valence-electron chi connectivity index (χ4n) is 1.48. The molecule has 96 valence electrons. The van der Waals surface area contributed by atoms with Crippen LogP contribution >= 0.6 is 23.2 Å². The second-order valence-corrected chi connectivity index (χ2v) is 4.49. The van der Waals surface area contributed by atoms with E-state index in [-0.39, 0.29) is 16.3 Å². The van der Waals surface area contributed by atoms with Gasteiger partial charge in [0.05, 0.1) is 21.7 Å². The molecular weight excluding hydrogens is 293 g/mol. The minimum absolute atomic E-state index is 0.0883. The highest BCUT2D eigenvalue weighted by Gasteiger charge is 2.12. The molecule has 0 heterocycles. The Kier molecular flexibility index (Phi) is 3.89. The number of nitrogens with zero attached hydrogens (tertiary/aromatic N) is 1. The summed E-state index contributed by atoms with van der Waals surface area (Å²) in [4.78, 5) is 0. The second kappa shape index (κ2) is 5.43. The Balaban J connectivity index is 2.38. The van der Waals surface area contributed by atoms with Crippen molar-refractivity contribution < 1.29 is 8.78 Å². The van der Waals surface area contributed by atoms with E-state index in [2.05, 4.69) is 5.32 Å². The van der Waals surface area contributed by atoms with Crippen LogP contribution in [-0.2, 0) is 0 Å². The molecule has 0 aliphatic rings. The van der Waals surface area contributed by atoms with Gasteiger partial charge in [0.1, 0.15) is 5.69 Å². The number of nitriles is 1. The monoisotopic (exact) mass is 298 g/mol. The summed E-state index contributed by atoms with van der Waals surface area (Å²) in [5.41, 5.74) is -0.0519. The van der Waals surface area contributed by atoms with Crippen molar-refractivity contribution in [3.05, 3.63) is 57.6 Å². The maximum atomic E-state index is 13.7. The summed E-state index contributed by atoms with van der Waals surface area (Å²) >= 11 is 11.5. The van der Waals surface area contributed by atoms with Crippen LogP contribution in [0.15, 0.2) is 30.3 Å². The number of anilines is 2. The third kappa shape index (κ3) is 2.95. The summed E-state index contributed by atoms with van der Waals surface area (Å²) in [5, 5.41) is 11.8. The van der Waals surface area contributed by atoms with Gasteiger partial charge in [-0.15, -0.1) is 0 Å². The highest BCUT2D eigenvalue weighted by Crippen LogP contribution is 2.29. The van der Waals surface area contributed by atoms with Gasteiger partial charge in [-0.25, -0.2) is 8.78 Å². The van der Waals surface area contributed by atoms with Crippen LogP contribution in [0.2, 0.25) is 10.0 Å². The van der Waals surface area contributed by atoms with E-state index in [0.29, 0.717) is 10.7 Å². The highest BCUT2D eigenvalue weighted by molar-refractivity contribution is 6.42. The van der Waals surface area contributed by atoms with Crippen LogP contribution in [0, 0.1) is 23.0 Å². The molecule has 0 aliphatic carbocycles. The molecule has 6 heteroatoms. The maximum Gasteiger partial charge on any atom is 0.150 e. The van der Waals surface area contributed by atoms with Crippen LogP contribution in [0.5, 0.6) is 0 Å². The van der Waals surface area contributed by atoms with Gasteiger partial charge in [-0.05, 0) is 30.3 Å². The minimum Gasteiger partial charge on any atom is -0.351 e. The van der Waals surface area contributed by atoms with Crippen LogP contribution in [0.3, 0.4) is 0 Å². The SMILES string of the molecule is N#Cc1cc(F)c(Nc2ccc(Cl)c(Cl)c2)c(F)c1. The Morgan fingerprint density at radius 2 is 1.63 bits per heavy atom. The number of halogens is 4. The topological polar surface area (TPSA) is 35.8 Å². The molecule has 0 radical (unpaired) electrons. The fourth-order valence-corrected chi connectivity index (χ4v) is 1.77. The zero-order chi connectivity index (χ0) is 14.0. The summed E-state index contributed by atoms with van der Waals surface area (Å²) in [6.45, 7) is 0. The van der Waals surface area contributed by atoms with Gasteiger partial charge in [0.15, 0.2) is 11.6 Å². The molecular formula is C13H6Cl2F2N2. The zero-order valence-electron chi connectivity index (χ0n) is 9.35. The van der Waals surface area contributed by atoms with Gasteiger partial charge in [-0.1, -0.05) is 23.2 Å². The molecule has 0 saturated heterocycles. The Hall–Kier alpha value is -1.83. The number of nitrogens with one attached hydrogen (secondary N) is 1. The lowest BCUT2D eigenvalue weighted by Gasteiger charge is -2.10. The van der Waals surface area contributed by atoms with Crippen molar-refractivity contribution in [2.45, 2.75) is 0 Å². The summed E-state index contributed by atoms with van der Waals surface area (Å²) in [7, 11) is 0. The molecule has 2 aromatic rings. The highest BCUT2D eigenvalue weighted by atomic mass is 35.5. The Bertz CT molecular complexity index is 658. The van der Waals surface area contributed by atoms with E-state index in [4.69, 9.17) is 28.5 Å². The lowest BCUT2D eigenvalue weighted by Crippen LogP contribution is -1.98. The molecule has 2 rings (SSSR count). The number of benzene rings is 2. The predicted octanol–water partition coefficient (Wildman–Crippen LogP) is 4.89. The molecule has 0 amide bonds. The Labute approximate surface area is 118 Å². The van der Waals surface area contributed by atoms with E-state index >= 15 is 0 Å². The van der Waals surface area contributed by atoms with Crippen LogP contribution in [0.4, 0.5) is 20.2 Å². The molecule has 0 saturated carbocycles. The van der Waals surface area contributed by atoms with E-state index in [9.17, 15) is 8.78 Å². The van der Waals surface area contributed by atoms with Gasteiger partial charge < -0.3 is 5.32 Å². The number of hydrogen-bond donors (Lipinski definition) is 1. The third-order valence-electron chi connectivity index (χ3n) is 2.36. The lowest BCUT2D eigenvalue weighted by atomic mass is 10.2. The fraction of sp³-hybridized carbons (Fsp3) is 0. The van der Waals surface area contributed by atoms with E-state index < -0.39 is 11.6 Å². The first-order chi connectivity index (χ1) is 9.01. The predicted molar refractivity (Wildman–Crippen MR) is 70.8 cm³/mol. The molecule has 0 fully saturated rings. The number of hydrogen-bond acceptors (Lipinski definition) is 2. The molecule has 1 N–H and O–H groups in total. The van der Waals surface area contributed by atoms with Crippen molar-refractivity contribution in [2.75, 3.05) is 5.32 Å². The van der Waals surface area contributed by atoms with E-state index in [0.717, 1.165) is 12.1 Å². The van der Waals surface area contributed by atoms with E-state index in [1.54, 1.807) is 6.07 Å². The van der Waals surface area contributed by atoms with Crippen molar-refractivity contribution in [1.82, 2.24) is 0 Å². The van der Waals surface area contributed by atoms with Crippen LogP contribution in [0.25, 0.3) is 0 Å². The molecule has 0 spiro atoms. The van der Waals surface area contributed by atoms with Crippen molar-refractivity contribution in [1.29, 1.82) is 5.26 Å². The average molecular weight is 299 g/mol. The molecule has 0 unspecified atom stereocenters. The molecule has 0 aliphatic heterocycles. The molecule has 19 heavy (non-hydrogen) atoms. The Morgan fingerprint density at radius 1 is 1.00 bits per heavy atom. The van der Waals surface area contributed by atoms with Crippen molar-refractivity contribution in [2.24, 2.45) is 0 Å². The van der Waals surface area contributed by atoms with Crippen LogP contribution in [0.1, 0.15) is 5.56 Å². The van der Waals surface area contributed by atoms with Crippen molar-refractivity contribution >= 4 is 34.6 Å². The second-order valence-electron chi connectivity index (χ2n) is 3.68. The van der Waals surface area contributed by atoms with Gasteiger partial charge in [0.2, 0.25) is 0 Å². The zero-order valence-corrected chi connectivity index (χ0v) is 10.9. The first-order valence-electron chi connectivity index (χ1n) is 5.12. The standard InChI is InChI=1S/C13H6Cl2F2N2/c14-9-2-1-8(5-10(9)15)19-13-11(16)3-7(6-18)4-12(13)17/h1-5,19H. The summed E-state index contributed by atoms with van der Waals surface area (Å²) in [6, 6.07) is 8.05. The summed E-state index contributed by atoms with van der Waals surface area (Å²) < 4.78 is 27.3. The van der Waals surface area contributed by atoms with Crippen LogP contribution < -0.4 is 5.32 Å². The molecule has 2 aromatic carbocycles. The number of rotatable bonds is 2. The van der Waals surface area contributed by atoms with Crippen molar-refractivity contribution in [3.63, 3.8) is 0 Å². The van der Waals surface area contributed by atoms with Gasteiger partial charge >= 0.3 is 0 Å². The van der Waals surface area contributed by atoms with Gasteiger partial charge in [0, 0.05) is 5.69 Å². The molecule has 2 nitrogen and oxygen atoms in total. The molecule has 0 aromatic heterocycles. The molecule has 0 bridgehead atoms. The largest absolute Gasteiger partial charge is 0.351 e. The maximum absolute atomic E-state index is 13.7. The minimum atomic E-state index is -0.859. The lowest BCUT2D eigenvalue weighted by molar-refractivity contribution is 0.590.